The molecule has 1 aliphatic carbocycles. The second-order valence-corrected chi connectivity index (χ2v) is 7.85. The summed E-state index contributed by atoms with van der Waals surface area (Å²) in [6, 6.07) is 4.94. The van der Waals surface area contributed by atoms with Gasteiger partial charge in [0.1, 0.15) is 0 Å². The molecule has 2 amide bonds. The van der Waals surface area contributed by atoms with E-state index in [0.29, 0.717) is 40.0 Å². The lowest BCUT2D eigenvalue weighted by Gasteiger charge is -2.32. The Bertz CT molecular complexity index is 806. The summed E-state index contributed by atoms with van der Waals surface area (Å²) in [6.45, 7) is 1.41. The maximum absolute atomic E-state index is 12.6. The number of nitrogens with zero attached hydrogens (tertiary/aromatic N) is 3. The molecule has 1 N–H and O–H groups in total. The second-order valence-electron chi connectivity index (χ2n) is 7.04. The van der Waals surface area contributed by atoms with Crippen LogP contribution in [0.1, 0.15) is 43.3 Å². The van der Waals surface area contributed by atoms with Crippen LogP contribution >= 0.6 is 23.2 Å². The van der Waals surface area contributed by atoms with Gasteiger partial charge in [-0.3, -0.25) is 0 Å². The standard InChI is InChI=1S/C18H20Cl2N4O2/c19-14-6-5-13(9-15(14)20)21-18(25)24-7-1-2-11(10-24)8-16-22-17(23-26-16)12-3-4-12/h5-6,9,11-12H,1-4,7-8,10H2,(H,21,25). The Morgan fingerprint density at radius 1 is 1.27 bits per heavy atom. The molecule has 4 rings (SSSR count). The average molecular weight is 395 g/mol. The molecule has 0 spiro atoms. The Hall–Kier alpha value is -1.79. The number of amides is 2. The lowest BCUT2D eigenvalue weighted by molar-refractivity contribution is 0.173. The van der Waals surface area contributed by atoms with Crippen molar-refractivity contribution < 1.29 is 9.32 Å². The molecule has 138 valence electrons. The molecule has 26 heavy (non-hydrogen) atoms. The summed E-state index contributed by atoms with van der Waals surface area (Å²) in [5.41, 5.74) is 0.637. The minimum Gasteiger partial charge on any atom is -0.339 e. The first-order chi connectivity index (χ1) is 12.6. The predicted molar refractivity (Wildman–Crippen MR) is 99.8 cm³/mol. The fraction of sp³-hybridized carbons (Fsp3) is 0.500. The van der Waals surface area contributed by atoms with Crippen molar-refractivity contribution in [1.29, 1.82) is 0 Å². The lowest BCUT2D eigenvalue weighted by atomic mass is 9.95. The zero-order valence-electron chi connectivity index (χ0n) is 14.3. The highest BCUT2D eigenvalue weighted by Crippen LogP contribution is 2.38. The quantitative estimate of drug-likeness (QED) is 0.812. The number of rotatable bonds is 4. The molecule has 1 unspecified atom stereocenters. The highest BCUT2D eigenvalue weighted by molar-refractivity contribution is 6.42. The van der Waals surface area contributed by atoms with Crippen LogP contribution in [-0.4, -0.2) is 34.2 Å². The number of aromatic nitrogens is 2. The number of carbonyl (C=O) groups is 1. The van der Waals surface area contributed by atoms with E-state index in [1.54, 1.807) is 18.2 Å². The normalized spacial score (nSPS) is 20.2. The summed E-state index contributed by atoms with van der Waals surface area (Å²) >= 11 is 11.9. The topological polar surface area (TPSA) is 71.3 Å². The lowest BCUT2D eigenvalue weighted by Crippen LogP contribution is -2.42. The molecule has 8 heteroatoms. The molecule has 2 heterocycles. The molecule has 2 fully saturated rings. The molecule has 0 radical (unpaired) electrons. The van der Waals surface area contributed by atoms with Crippen molar-refractivity contribution in [3.8, 4) is 0 Å². The Morgan fingerprint density at radius 3 is 2.88 bits per heavy atom. The minimum atomic E-state index is -0.128. The number of nitrogens with one attached hydrogen (secondary N) is 1. The zero-order chi connectivity index (χ0) is 18.1. The summed E-state index contributed by atoms with van der Waals surface area (Å²) in [7, 11) is 0. The SMILES string of the molecule is O=C(Nc1ccc(Cl)c(Cl)c1)N1CCCC(Cc2nc(C3CC3)no2)C1. The Labute approximate surface area is 161 Å². The first kappa shape index (κ1) is 17.6. The number of halogens is 2. The molecule has 6 nitrogen and oxygen atoms in total. The summed E-state index contributed by atoms with van der Waals surface area (Å²) in [4.78, 5) is 18.9. The van der Waals surface area contributed by atoms with Gasteiger partial charge >= 0.3 is 6.03 Å². The van der Waals surface area contributed by atoms with Crippen molar-refractivity contribution in [2.24, 2.45) is 5.92 Å². The third-order valence-corrected chi connectivity index (χ3v) is 5.61. The van der Waals surface area contributed by atoms with Gasteiger partial charge in [-0.25, -0.2) is 4.79 Å². The summed E-state index contributed by atoms with van der Waals surface area (Å²) in [6.07, 6.45) is 5.05. The first-order valence-electron chi connectivity index (χ1n) is 8.92. The third-order valence-electron chi connectivity index (χ3n) is 4.87. The van der Waals surface area contributed by atoms with Crippen LogP contribution in [0.15, 0.2) is 22.7 Å². The highest BCUT2D eigenvalue weighted by atomic mass is 35.5. The smallest absolute Gasteiger partial charge is 0.321 e. The van der Waals surface area contributed by atoms with E-state index in [9.17, 15) is 4.79 Å². The van der Waals surface area contributed by atoms with Crippen molar-refractivity contribution >= 4 is 34.9 Å². The molecule has 1 saturated carbocycles. The summed E-state index contributed by atoms with van der Waals surface area (Å²) < 4.78 is 5.38. The van der Waals surface area contributed by atoms with Crippen LogP contribution in [0, 0.1) is 5.92 Å². The molecule has 2 aliphatic rings. The number of carbonyl (C=O) groups excluding carboxylic acids is 1. The molecule has 1 aromatic carbocycles. The van der Waals surface area contributed by atoms with Crippen LogP contribution in [0.2, 0.25) is 10.0 Å². The van der Waals surface area contributed by atoms with Gasteiger partial charge in [0.2, 0.25) is 5.89 Å². The molecule has 1 aromatic heterocycles. The number of hydrogen-bond donors (Lipinski definition) is 1. The van der Waals surface area contributed by atoms with E-state index >= 15 is 0 Å². The van der Waals surface area contributed by atoms with E-state index in [1.165, 1.54) is 0 Å². The number of piperidine rings is 1. The van der Waals surface area contributed by atoms with E-state index in [4.69, 9.17) is 27.7 Å². The molecule has 1 atom stereocenters. The van der Waals surface area contributed by atoms with Gasteiger partial charge in [-0.2, -0.15) is 4.98 Å². The Morgan fingerprint density at radius 2 is 2.12 bits per heavy atom. The molecule has 2 aromatic rings. The summed E-state index contributed by atoms with van der Waals surface area (Å²) in [5, 5.41) is 7.84. The number of benzene rings is 1. The second kappa shape index (κ2) is 7.45. The van der Waals surface area contributed by atoms with Gasteiger partial charge in [-0.05, 0) is 49.8 Å². The molecular weight excluding hydrogens is 375 g/mol. The number of likely N-dealkylation sites (tertiary alicyclic amines) is 1. The average Bonchev–Trinajstić information content (AvgIpc) is 3.38. The van der Waals surface area contributed by atoms with Crippen LogP contribution in [-0.2, 0) is 6.42 Å². The van der Waals surface area contributed by atoms with E-state index < -0.39 is 0 Å². The predicted octanol–water partition coefficient (Wildman–Crippen LogP) is 4.74. The van der Waals surface area contributed by atoms with E-state index in [1.807, 2.05) is 4.90 Å². The van der Waals surface area contributed by atoms with Crippen LogP contribution in [0.25, 0.3) is 0 Å². The Balaban J connectivity index is 1.34. The van der Waals surface area contributed by atoms with Gasteiger partial charge in [0.25, 0.3) is 0 Å². The fourth-order valence-corrected chi connectivity index (χ4v) is 3.60. The molecule has 0 bridgehead atoms. The number of anilines is 1. The monoisotopic (exact) mass is 394 g/mol. The maximum atomic E-state index is 12.6. The van der Waals surface area contributed by atoms with Gasteiger partial charge in [-0.1, -0.05) is 28.4 Å². The molecule has 1 aliphatic heterocycles. The Kier molecular flexibility index (Phi) is 5.05. The van der Waals surface area contributed by atoms with Crippen molar-refractivity contribution in [1.82, 2.24) is 15.0 Å². The van der Waals surface area contributed by atoms with Crippen molar-refractivity contribution in [3.05, 3.63) is 40.0 Å². The van der Waals surface area contributed by atoms with E-state index in [0.717, 1.165) is 44.5 Å². The number of urea groups is 1. The van der Waals surface area contributed by atoms with E-state index in [2.05, 4.69) is 15.5 Å². The highest BCUT2D eigenvalue weighted by Gasteiger charge is 2.30. The van der Waals surface area contributed by atoms with Crippen molar-refractivity contribution in [3.63, 3.8) is 0 Å². The largest absolute Gasteiger partial charge is 0.339 e. The molecular formula is C18H20Cl2N4O2. The van der Waals surface area contributed by atoms with Gasteiger partial charge in [-0.15, -0.1) is 0 Å². The first-order valence-corrected chi connectivity index (χ1v) is 9.67. The fourth-order valence-electron chi connectivity index (χ4n) is 3.30. The number of hydrogen-bond acceptors (Lipinski definition) is 4. The zero-order valence-corrected chi connectivity index (χ0v) is 15.8. The van der Waals surface area contributed by atoms with Crippen LogP contribution in [0.4, 0.5) is 10.5 Å². The van der Waals surface area contributed by atoms with Crippen LogP contribution in [0.3, 0.4) is 0 Å². The third kappa shape index (κ3) is 4.13. The van der Waals surface area contributed by atoms with Gasteiger partial charge in [0.05, 0.1) is 10.0 Å². The van der Waals surface area contributed by atoms with Crippen LogP contribution < -0.4 is 5.32 Å². The minimum absolute atomic E-state index is 0.128. The summed E-state index contributed by atoms with van der Waals surface area (Å²) in [5.74, 6) is 2.34. The van der Waals surface area contributed by atoms with E-state index in [-0.39, 0.29) is 6.03 Å². The maximum Gasteiger partial charge on any atom is 0.321 e. The van der Waals surface area contributed by atoms with Gasteiger partial charge in [0, 0.05) is 31.1 Å². The van der Waals surface area contributed by atoms with Gasteiger partial charge < -0.3 is 14.7 Å². The van der Waals surface area contributed by atoms with Crippen LogP contribution in [0.5, 0.6) is 0 Å². The van der Waals surface area contributed by atoms with Gasteiger partial charge in [0.15, 0.2) is 5.82 Å². The molecule has 1 saturated heterocycles. The van der Waals surface area contributed by atoms with Crippen molar-refractivity contribution in [2.45, 2.75) is 38.0 Å². The van der Waals surface area contributed by atoms with Crippen molar-refractivity contribution in [2.75, 3.05) is 18.4 Å².